The standard InChI is InChI=1S/C13H20N4O2/c1-9-4-5-16(3)6-7-17(9)13(19)11-12(18)10(2)14-8-15-11/h8-9,18H,4-7H2,1-3H3/t9-/m1/s1. The van der Waals surface area contributed by atoms with Crippen molar-refractivity contribution < 1.29 is 9.90 Å². The van der Waals surface area contributed by atoms with Crippen molar-refractivity contribution in [1.29, 1.82) is 0 Å². The number of likely N-dealkylation sites (N-methyl/N-ethyl adjacent to an activating group) is 1. The maximum absolute atomic E-state index is 12.5. The van der Waals surface area contributed by atoms with Gasteiger partial charge < -0.3 is 14.9 Å². The molecule has 6 heteroatoms. The zero-order valence-electron chi connectivity index (χ0n) is 11.6. The van der Waals surface area contributed by atoms with Crippen LogP contribution < -0.4 is 0 Å². The number of carbonyl (C=O) groups excluding carboxylic acids is 1. The molecular formula is C13H20N4O2. The molecule has 2 rings (SSSR count). The highest BCUT2D eigenvalue weighted by Crippen LogP contribution is 2.21. The molecule has 1 aromatic heterocycles. The van der Waals surface area contributed by atoms with Crippen LogP contribution in [-0.2, 0) is 0 Å². The molecule has 0 radical (unpaired) electrons. The van der Waals surface area contributed by atoms with E-state index in [0.717, 1.165) is 19.5 Å². The molecule has 1 aliphatic rings. The summed E-state index contributed by atoms with van der Waals surface area (Å²) < 4.78 is 0. The van der Waals surface area contributed by atoms with Crippen LogP contribution in [0.2, 0.25) is 0 Å². The van der Waals surface area contributed by atoms with E-state index in [-0.39, 0.29) is 23.4 Å². The Labute approximate surface area is 113 Å². The molecule has 1 aliphatic heterocycles. The summed E-state index contributed by atoms with van der Waals surface area (Å²) in [6, 6.07) is 0.145. The molecule has 1 atom stereocenters. The zero-order chi connectivity index (χ0) is 14.0. The van der Waals surface area contributed by atoms with Gasteiger partial charge in [-0.3, -0.25) is 4.79 Å². The molecule has 0 spiro atoms. The Morgan fingerprint density at radius 2 is 2.11 bits per heavy atom. The van der Waals surface area contributed by atoms with E-state index in [1.54, 1.807) is 11.8 Å². The molecule has 0 aromatic carbocycles. The summed E-state index contributed by atoms with van der Waals surface area (Å²) in [7, 11) is 2.05. The zero-order valence-corrected chi connectivity index (χ0v) is 11.6. The summed E-state index contributed by atoms with van der Waals surface area (Å²) in [5.74, 6) is -0.330. The van der Waals surface area contributed by atoms with E-state index in [4.69, 9.17) is 0 Å². The second-order valence-electron chi connectivity index (χ2n) is 5.10. The fraction of sp³-hybridized carbons (Fsp3) is 0.615. The molecule has 1 amide bonds. The summed E-state index contributed by atoms with van der Waals surface area (Å²) >= 11 is 0. The number of aromatic hydroxyl groups is 1. The van der Waals surface area contributed by atoms with Crippen molar-refractivity contribution in [2.45, 2.75) is 26.3 Å². The molecule has 1 N–H and O–H groups in total. The maximum atomic E-state index is 12.5. The molecule has 2 heterocycles. The van der Waals surface area contributed by atoms with Gasteiger partial charge in [0.25, 0.3) is 5.91 Å². The monoisotopic (exact) mass is 264 g/mol. The van der Waals surface area contributed by atoms with Crippen molar-refractivity contribution >= 4 is 5.91 Å². The third-order valence-corrected chi connectivity index (χ3v) is 3.65. The highest BCUT2D eigenvalue weighted by Gasteiger charge is 2.27. The van der Waals surface area contributed by atoms with Crippen molar-refractivity contribution in [3.8, 4) is 5.75 Å². The summed E-state index contributed by atoms with van der Waals surface area (Å²) in [4.78, 5) is 24.3. The van der Waals surface area contributed by atoms with Gasteiger partial charge in [-0.1, -0.05) is 0 Å². The highest BCUT2D eigenvalue weighted by molar-refractivity contribution is 5.95. The van der Waals surface area contributed by atoms with Crippen LogP contribution in [0.25, 0.3) is 0 Å². The Bertz CT molecular complexity index is 478. The Morgan fingerprint density at radius 1 is 1.37 bits per heavy atom. The van der Waals surface area contributed by atoms with Crippen LogP contribution in [0, 0.1) is 6.92 Å². The fourth-order valence-electron chi connectivity index (χ4n) is 2.23. The van der Waals surface area contributed by atoms with Crippen LogP contribution in [-0.4, -0.2) is 63.5 Å². The molecule has 0 bridgehead atoms. The molecule has 1 aromatic rings. The number of amides is 1. The topological polar surface area (TPSA) is 69.6 Å². The minimum absolute atomic E-state index is 0.101. The number of aromatic nitrogens is 2. The van der Waals surface area contributed by atoms with Crippen LogP contribution in [0.5, 0.6) is 5.75 Å². The van der Waals surface area contributed by atoms with Crippen molar-refractivity contribution in [2.24, 2.45) is 0 Å². The second kappa shape index (κ2) is 5.52. The van der Waals surface area contributed by atoms with Gasteiger partial charge in [-0.05, 0) is 33.9 Å². The predicted octanol–water partition coefficient (Wildman–Crippen LogP) is 0.657. The largest absolute Gasteiger partial charge is 0.504 e. The van der Waals surface area contributed by atoms with Crippen molar-refractivity contribution in [2.75, 3.05) is 26.7 Å². The first kappa shape index (κ1) is 13.7. The second-order valence-corrected chi connectivity index (χ2v) is 5.10. The third-order valence-electron chi connectivity index (χ3n) is 3.65. The molecule has 0 saturated carbocycles. The molecule has 1 fully saturated rings. The lowest BCUT2D eigenvalue weighted by Crippen LogP contribution is -2.40. The molecule has 1 saturated heterocycles. The summed E-state index contributed by atoms with van der Waals surface area (Å²) in [5.41, 5.74) is 0.529. The lowest BCUT2D eigenvalue weighted by molar-refractivity contribution is 0.0692. The van der Waals surface area contributed by atoms with E-state index in [2.05, 4.69) is 14.9 Å². The smallest absolute Gasteiger partial charge is 0.276 e. The summed E-state index contributed by atoms with van der Waals surface area (Å²) in [6.07, 6.45) is 2.24. The summed E-state index contributed by atoms with van der Waals surface area (Å²) in [5, 5.41) is 9.92. The van der Waals surface area contributed by atoms with Crippen LogP contribution in [0.3, 0.4) is 0 Å². The average Bonchev–Trinajstić information content (AvgIpc) is 2.55. The van der Waals surface area contributed by atoms with E-state index in [9.17, 15) is 9.90 Å². The SMILES string of the molecule is Cc1ncnc(C(=O)N2CCN(C)CC[C@H]2C)c1O. The van der Waals surface area contributed by atoms with Gasteiger partial charge in [-0.25, -0.2) is 9.97 Å². The van der Waals surface area contributed by atoms with E-state index in [1.165, 1.54) is 6.33 Å². The molecule has 0 unspecified atom stereocenters. The lowest BCUT2D eigenvalue weighted by atomic mass is 10.2. The van der Waals surface area contributed by atoms with Gasteiger partial charge in [0.2, 0.25) is 0 Å². The Hall–Kier alpha value is -1.69. The van der Waals surface area contributed by atoms with Crippen molar-refractivity contribution in [1.82, 2.24) is 19.8 Å². The summed E-state index contributed by atoms with van der Waals surface area (Å²) in [6.45, 7) is 6.15. The number of rotatable bonds is 1. The fourth-order valence-corrected chi connectivity index (χ4v) is 2.23. The first-order chi connectivity index (χ1) is 9.00. The van der Waals surface area contributed by atoms with E-state index in [1.807, 2.05) is 14.0 Å². The number of carbonyl (C=O) groups is 1. The molecular weight excluding hydrogens is 244 g/mol. The molecule has 6 nitrogen and oxygen atoms in total. The first-order valence-electron chi connectivity index (χ1n) is 6.50. The van der Waals surface area contributed by atoms with E-state index >= 15 is 0 Å². The minimum Gasteiger partial charge on any atom is -0.504 e. The normalized spacial score (nSPS) is 21.2. The van der Waals surface area contributed by atoms with E-state index < -0.39 is 0 Å². The average molecular weight is 264 g/mol. The molecule has 104 valence electrons. The first-order valence-corrected chi connectivity index (χ1v) is 6.50. The number of hydrogen-bond donors (Lipinski definition) is 1. The predicted molar refractivity (Wildman–Crippen MR) is 71.0 cm³/mol. The maximum Gasteiger partial charge on any atom is 0.276 e. The van der Waals surface area contributed by atoms with Crippen molar-refractivity contribution in [3.05, 3.63) is 17.7 Å². The van der Waals surface area contributed by atoms with Gasteiger partial charge in [0.1, 0.15) is 6.33 Å². The molecule has 19 heavy (non-hydrogen) atoms. The Kier molecular flexibility index (Phi) is 3.99. The van der Waals surface area contributed by atoms with Crippen LogP contribution in [0.1, 0.15) is 29.5 Å². The van der Waals surface area contributed by atoms with Gasteiger partial charge in [0, 0.05) is 19.1 Å². The highest BCUT2D eigenvalue weighted by atomic mass is 16.3. The number of aryl methyl sites for hydroxylation is 1. The van der Waals surface area contributed by atoms with Gasteiger partial charge >= 0.3 is 0 Å². The van der Waals surface area contributed by atoms with Gasteiger partial charge in [0.15, 0.2) is 11.4 Å². The lowest BCUT2D eigenvalue weighted by Gasteiger charge is -2.26. The number of hydrogen-bond acceptors (Lipinski definition) is 5. The molecule has 0 aliphatic carbocycles. The minimum atomic E-state index is -0.217. The van der Waals surface area contributed by atoms with Crippen LogP contribution in [0.4, 0.5) is 0 Å². The third kappa shape index (κ3) is 2.84. The van der Waals surface area contributed by atoms with E-state index in [0.29, 0.717) is 12.2 Å². The number of nitrogens with zero attached hydrogens (tertiary/aromatic N) is 4. The quantitative estimate of drug-likeness (QED) is 0.807. The van der Waals surface area contributed by atoms with Gasteiger partial charge in [-0.2, -0.15) is 0 Å². The van der Waals surface area contributed by atoms with Crippen LogP contribution in [0.15, 0.2) is 6.33 Å². The Morgan fingerprint density at radius 3 is 2.84 bits per heavy atom. The van der Waals surface area contributed by atoms with Gasteiger partial charge in [-0.15, -0.1) is 0 Å². The van der Waals surface area contributed by atoms with Crippen molar-refractivity contribution in [3.63, 3.8) is 0 Å². The Balaban J connectivity index is 2.25. The van der Waals surface area contributed by atoms with Crippen LogP contribution >= 0.6 is 0 Å². The van der Waals surface area contributed by atoms with Gasteiger partial charge in [0.05, 0.1) is 5.69 Å².